The number of aromatic amines is 1. The zero-order valence-corrected chi connectivity index (χ0v) is 10.4. The Hall–Kier alpha value is -1.89. The van der Waals surface area contributed by atoms with Crippen molar-refractivity contribution in [1.82, 2.24) is 9.97 Å². The molecule has 0 bridgehead atoms. The van der Waals surface area contributed by atoms with Gasteiger partial charge in [-0.3, -0.25) is 9.78 Å². The van der Waals surface area contributed by atoms with Crippen molar-refractivity contribution in [3.63, 3.8) is 0 Å². The van der Waals surface area contributed by atoms with Gasteiger partial charge in [-0.05, 0) is 20.3 Å². The van der Waals surface area contributed by atoms with Crippen LogP contribution in [0.3, 0.4) is 0 Å². The van der Waals surface area contributed by atoms with E-state index in [-0.39, 0.29) is 17.6 Å². The Morgan fingerprint density at radius 2 is 2.33 bits per heavy atom. The highest BCUT2D eigenvalue weighted by Gasteiger charge is 2.09. The number of hydrogen-bond donors (Lipinski definition) is 3. The van der Waals surface area contributed by atoms with Gasteiger partial charge in [-0.15, -0.1) is 0 Å². The third kappa shape index (κ3) is 4.54. The molecule has 1 aromatic rings. The second-order valence-electron chi connectivity index (χ2n) is 3.98. The average Bonchev–Trinajstić information content (AvgIpc) is 2.27. The number of nitrogens with one attached hydrogen (secondary N) is 2. The van der Waals surface area contributed by atoms with Crippen LogP contribution in [0.5, 0.6) is 0 Å². The molecule has 3 N–H and O–H groups in total. The number of carbonyl (C=O) groups is 1. The van der Waals surface area contributed by atoms with Crippen LogP contribution in [0.1, 0.15) is 30.6 Å². The fourth-order valence-electron chi connectivity index (χ4n) is 1.24. The van der Waals surface area contributed by atoms with Crippen LogP contribution in [0, 0.1) is 0 Å². The van der Waals surface area contributed by atoms with Crippen molar-refractivity contribution in [2.45, 2.75) is 26.4 Å². The van der Waals surface area contributed by atoms with E-state index in [4.69, 9.17) is 9.84 Å². The summed E-state index contributed by atoms with van der Waals surface area (Å²) in [6.07, 6.45) is 1.99. The van der Waals surface area contributed by atoms with E-state index in [0.29, 0.717) is 13.2 Å². The number of H-pyrrole nitrogens is 1. The van der Waals surface area contributed by atoms with Crippen molar-refractivity contribution < 1.29 is 14.6 Å². The van der Waals surface area contributed by atoms with Gasteiger partial charge in [0.05, 0.1) is 12.3 Å². The highest BCUT2D eigenvalue weighted by atomic mass is 16.5. The molecule has 0 unspecified atom stereocenters. The number of hydrogen-bond acceptors (Lipinski definition) is 5. The SMILES string of the molecule is CC(C)OCCCNc1ncc(C(=O)O)c(=O)[nH]1. The largest absolute Gasteiger partial charge is 0.477 e. The Labute approximate surface area is 104 Å². The lowest BCUT2D eigenvalue weighted by molar-refractivity contribution is 0.0694. The number of aromatic carboxylic acids is 1. The van der Waals surface area contributed by atoms with Gasteiger partial charge in [0.2, 0.25) is 5.95 Å². The zero-order valence-electron chi connectivity index (χ0n) is 10.4. The van der Waals surface area contributed by atoms with Crippen LogP contribution in [0.2, 0.25) is 0 Å². The van der Waals surface area contributed by atoms with Crippen LogP contribution in [-0.2, 0) is 4.74 Å². The van der Waals surface area contributed by atoms with Gasteiger partial charge in [0, 0.05) is 13.2 Å². The Kier molecular flexibility index (Phi) is 5.31. The average molecular weight is 255 g/mol. The maximum absolute atomic E-state index is 11.3. The molecule has 0 aliphatic heterocycles. The van der Waals surface area contributed by atoms with Crippen molar-refractivity contribution >= 4 is 11.9 Å². The smallest absolute Gasteiger partial charge is 0.342 e. The topological polar surface area (TPSA) is 104 Å². The number of carboxylic acid groups (broad SMARTS) is 1. The van der Waals surface area contributed by atoms with E-state index in [1.54, 1.807) is 0 Å². The Bertz CT molecular complexity index is 456. The predicted molar refractivity (Wildman–Crippen MR) is 66.0 cm³/mol. The standard InChI is InChI=1S/C11H17N3O4/c1-7(2)18-5-3-4-12-11-13-6-8(10(16)17)9(15)14-11/h6-7H,3-5H2,1-2H3,(H,16,17)(H2,12,13,14,15). The van der Waals surface area contributed by atoms with Gasteiger partial charge in [-0.2, -0.15) is 0 Å². The zero-order chi connectivity index (χ0) is 13.5. The molecule has 1 aromatic heterocycles. The van der Waals surface area contributed by atoms with E-state index in [1.165, 1.54) is 0 Å². The second kappa shape index (κ2) is 6.75. The van der Waals surface area contributed by atoms with Gasteiger partial charge in [-0.25, -0.2) is 9.78 Å². The summed E-state index contributed by atoms with van der Waals surface area (Å²) in [5.41, 5.74) is -1.04. The molecule has 0 aliphatic rings. The summed E-state index contributed by atoms with van der Waals surface area (Å²) in [5.74, 6) is -1.03. The van der Waals surface area contributed by atoms with Crippen LogP contribution in [0.25, 0.3) is 0 Å². The van der Waals surface area contributed by atoms with Crippen LogP contribution >= 0.6 is 0 Å². The number of nitrogens with zero attached hydrogens (tertiary/aromatic N) is 1. The molecule has 0 spiro atoms. The first kappa shape index (κ1) is 14.2. The highest BCUT2D eigenvalue weighted by molar-refractivity contribution is 5.86. The van der Waals surface area contributed by atoms with E-state index >= 15 is 0 Å². The molecule has 0 atom stereocenters. The van der Waals surface area contributed by atoms with Crippen LogP contribution in [0.15, 0.2) is 11.0 Å². The fraction of sp³-hybridized carbons (Fsp3) is 0.545. The lowest BCUT2D eigenvalue weighted by Gasteiger charge is -2.08. The van der Waals surface area contributed by atoms with Gasteiger partial charge in [-0.1, -0.05) is 0 Å². The number of carboxylic acids is 1. The Morgan fingerprint density at radius 3 is 2.89 bits per heavy atom. The number of ether oxygens (including phenoxy) is 1. The van der Waals surface area contributed by atoms with Crippen LogP contribution in [-0.4, -0.2) is 40.3 Å². The van der Waals surface area contributed by atoms with Gasteiger partial charge in [0.15, 0.2) is 0 Å². The molecule has 7 nitrogen and oxygen atoms in total. The predicted octanol–water partition coefficient (Wildman–Crippen LogP) is 0.695. The summed E-state index contributed by atoms with van der Waals surface area (Å²) in [6, 6.07) is 0. The maximum Gasteiger partial charge on any atom is 0.342 e. The van der Waals surface area contributed by atoms with Gasteiger partial charge in [0.25, 0.3) is 5.56 Å². The lowest BCUT2D eigenvalue weighted by Crippen LogP contribution is -2.20. The molecule has 1 heterocycles. The summed E-state index contributed by atoms with van der Waals surface area (Å²) < 4.78 is 5.34. The minimum atomic E-state index is -1.29. The van der Waals surface area contributed by atoms with Gasteiger partial charge < -0.3 is 15.2 Å². The molecule has 0 aliphatic carbocycles. The first-order valence-electron chi connectivity index (χ1n) is 5.68. The van der Waals surface area contributed by atoms with E-state index < -0.39 is 11.5 Å². The molecule has 0 aromatic carbocycles. The van der Waals surface area contributed by atoms with E-state index in [9.17, 15) is 9.59 Å². The summed E-state index contributed by atoms with van der Waals surface area (Å²) in [5, 5.41) is 11.5. The third-order valence-corrected chi connectivity index (χ3v) is 2.09. The molecule has 0 amide bonds. The number of rotatable bonds is 7. The lowest BCUT2D eigenvalue weighted by atomic mass is 10.3. The van der Waals surface area contributed by atoms with E-state index in [0.717, 1.165) is 12.6 Å². The molecule has 1 rings (SSSR count). The molecular formula is C11H17N3O4. The molecule has 0 saturated carbocycles. The molecule has 7 heteroatoms. The first-order valence-corrected chi connectivity index (χ1v) is 5.68. The quantitative estimate of drug-likeness (QED) is 0.619. The van der Waals surface area contributed by atoms with Crippen LogP contribution < -0.4 is 10.9 Å². The summed E-state index contributed by atoms with van der Waals surface area (Å²) in [7, 11) is 0. The van der Waals surface area contributed by atoms with E-state index in [2.05, 4.69) is 15.3 Å². The molecule has 0 radical (unpaired) electrons. The molecule has 100 valence electrons. The number of anilines is 1. The van der Waals surface area contributed by atoms with Gasteiger partial charge >= 0.3 is 5.97 Å². The first-order chi connectivity index (χ1) is 8.50. The molecular weight excluding hydrogens is 238 g/mol. The molecule has 0 fully saturated rings. The third-order valence-electron chi connectivity index (χ3n) is 2.09. The highest BCUT2D eigenvalue weighted by Crippen LogP contribution is 1.96. The molecule has 18 heavy (non-hydrogen) atoms. The van der Waals surface area contributed by atoms with Crippen LogP contribution in [0.4, 0.5) is 5.95 Å². The van der Waals surface area contributed by atoms with Crippen molar-refractivity contribution in [1.29, 1.82) is 0 Å². The van der Waals surface area contributed by atoms with Crippen molar-refractivity contribution in [3.05, 3.63) is 22.1 Å². The Morgan fingerprint density at radius 1 is 1.61 bits per heavy atom. The summed E-state index contributed by atoms with van der Waals surface area (Å²) in [6.45, 7) is 5.11. The minimum Gasteiger partial charge on any atom is -0.477 e. The number of aromatic nitrogens is 2. The van der Waals surface area contributed by atoms with Gasteiger partial charge in [0.1, 0.15) is 5.56 Å². The molecule has 0 saturated heterocycles. The van der Waals surface area contributed by atoms with Crippen molar-refractivity contribution in [2.24, 2.45) is 0 Å². The minimum absolute atomic E-state index is 0.192. The second-order valence-corrected chi connectivity index (χ2v) is 3.98. The van der Waals surface area contributed by atoms with E-state index in [1.807, 2.05) is 13.8 Å². The monoisotopic (exact) mass is 255 g/mol. The maximum atomic E-state index is 11.3. The summed E-state index contributed by atoms with van der Waals surface area (Å²) >= 11 is 0. The summed E-state index contributed by atoms with van der Waals surface area (Å²) in [4.78, 5) is 28.1. The van der Waals surface area contributed by atoms with Crippen molar-refractivity contribution in [2.75, 3.05) is 18.5 Å². The normalized spacial score (nSPS) is 10.6. The fourth-order valence-corrected chi connectivity index (χ4v) is 1.24. The Balaban J connectivity index is 2.42. The van der Waals surface area contributed by atoms with Crippen molar-refractivity contribution in [3.8, 4) is 0 Å².